The first-order valence-corrected chi connectivity index (χ1v) is 8.49. The molecule has 0 unspecified atom stereocenters. The van der Waals surface area contributed by atoms with Gasteiger partial charge in [0.25, 0.3) is 0 Å². The molecule has 6 heteroatoms. The zero-order chi connectivity index (χ0) is 17.2. The molecule has 4 nitrogen and oxygen atoms in total. The van der Waals surface area contributed by atoms with Crippen LogP contribution in [-0.4, -0.2) is 29.5 Å². The molecule has 0 saturated carbocycles. The van der Waals surface area contributed by atoms with Crippen molar-refractivity contribution >= 4 is 10.9 Å². The van der Waals surface area contributed by atoms with Gasteiger partial charge in [0, 0.05) is 18.5 Å². The maximum Gasteiger partial charge on any atom is 0.241 e. The molecule has 25 heavy (non-hydrogen) atoms. The second kappa shape index (κ2) is 6.80. The van der Waals surface area contributed by atoms with Crippen LogP contribution in [0.4, 0.5) is 8.78 Å². The summed E-state index contributed by atoms with van der Waals surface area (Å²) in [5.41, 5.74) is 1.26. The number of nitrogens with zero attached hydrogens (tertiary/aromatic N) is 2. The largest absolute Gasteiger partial charge is 0.476 e. The molecule has 130 valence electrons. The van der Waals surface area contributed by atoms with Crippen LogP contribution in [0.25, 0.3) is 16.6 Å². The Morgan fingerprint density at radius 2 is 2.04 bits per heavy atom. The summed E-state index contributed by atoms with van der Waals surface area (Å²) in [5, 5.41) is 8.73. The predicted molar refractivity (Wildman–Crippen MR) is 92.1 cm³/mol. The summed E-state index contributed by atoms with van der Waals surface area (Å²) in [7, 11) is 0. The van der Waals surface area contributed by atoms with Crippen LogP contribution in [0.3, 0.4) is 0 Å². The zero-order valence-electron chi connectivity index (χ0n) is 13.7. The normalized spacial score (nSPS) is 17.8. The van der Waals surface area contributed by atoms with Crippen molar-refractivity contribution in [2.24, 2.45) is 5.92 Å². The number of piperidine rings is 1. The van der Waals surface area contributed by atoms with Gasteiger partial charge in [0.1, 0.15) is 0 Å². The summed E-state index contributed by atoms with van der Waals surface area (Å²) in [5.74, 6) is -0.791. The van der Waals surface area contributed by atoms with Gasteiger partial charge in [-0.25, -0.2) is 13.5 Å². The standard InChI is InChI=1S/C19H19F2N3O/c20-16-8-7-14(10-17(16)21)24-18-6-2-1-5-15(18)19(23-24)25-12-13-4-3-9-22-11-13/h1-2,5-8,10,13,22H,3-4,9,11-12H2/t13-/m0/s1. The summed E-state index contributed by atoms with van der Waals surface area (Å²) in [6.07, 6.45) is 2.28. The Bertz CT molecular complexity index is 888. The van der Waals surface area contributed by atoms with Gasteiger partial charge >= 0.3 is 0 Å². The van der Waals surface area contributed by atoms with E-state index in [0.717, 1.165) is 49.0 Å². The van der Waals surface area contributed by atoms with Crippen LogP contribution in [0, 0.1) is 17.6 Å². The minimum atomic E-state index is -0.896. The molecular formula is C19H19F2N3O. The van der Waals surface area contributed by atoms with Crippen LogP contribution in [-0.2, 0) is 0 Å². The third-order valence-corrected chi connectivity index (χ3v) is 4.56. The lowest BCUT2D eigenvalue weighted by Gasteiger charge is -2.22. The van der Waals surface area contributed by atoms with E-state index in [1.54, 1.807) is 4.68 Å². The van der Waals surface area contributed by atoms with Gasteiger partial charge in [-0.1, -0.05) is 12.1 Å². The van der Waals surface area contributed by atoms with Crippen LogP contribution in [0.1, 0.15) is 12.8 Å². The fourth-order valence-electron chi connectivity index (χ4n) is 3.22. The first kappa shape index (κ1) is 16.0. The smallest absolute Gasteiger partial charge is 0.241 e. The Labute approximate surface area is 144 Å². The Morgan fingerprint density at radius 1 is 1.16 bits per heavy atom. The van der Waals surface area contributed by atoms with Crippen molar-refractivity contribution in [3.8, 4) is 11.6 Å². The molecule has 0 radical (unpaired) electrons. The van der Waals surface area contributed by atoms with Gasteiger partial charge in [-0.05, 0) is 43.7 Å². The summed E-state index contributed by atoms with van der Waals surface area (Å²) in [4.78, 5) is 0. The lowest BCUT2D eigenvalue weighted by atomic mass is 10.0. The summed E-state index contributed by atoms with van der Waals surface area (Å²) in [6.45, 7) is 2.60. The quantitative estimate of drug-likeness (QED) is 0.785. The molecular weight excluding hydrogens is 324 g/mol. The molecule has 1 aromatic heterocycles. The fraction of sp³-hybridized carbons (Fsp3) is 0.316. The van der Waals surface area contributed by atoms with E-state index in [2.05, 4.69) is 10.4 Å². The second-order valence-corrected chi connectivity index (χ2v) is 6.36. The van der Waals surface area contributed by atoms with Gasteiger partial charge < -0.3 is 10.1 Å². The molecule has 1 saturated heterocycles. The van der Waals surface area contributed by atoms with Crippen molar-refractivity contribution in [3.05, 3.63) is 54.1 Å². The number of para-hydroxylation sites is 1. The average molecular weight is 343 g/mol. The summed E-state index contributed by atoms with van der Waals surface area (Å²) < 4.78 is 34.4. The Kier molecular flexibility index (Phi) is 4.36. The molecule has 1 fully saturated rings. The molecule has 1 aliphatic rings. The van der Waals surface area contributed by atoms with Crippen molar-refractivity contribution in [1.29, 1.82) is 0 Å². The lowest BCUT2D eigenvalue weighted by Crippen LogP contribution is -2.33. The molecule has 0 amide bonds. The number of aromatic nitrogens is 2. The highest BCUT2D eigenvalue weighted by Gasteiger charge is 2.17. The molecule has 4 rings (SSSR count). The van der Waals surface area contributed by atoms with Gasteiger partial charge in [-0.2, -0.15) is 0 Å². The van der Waals surface area contributed by atoms with E-state index in [-0.39, 0.29) is 0 Å². The minimum absolute atomic E-state index is 0.459. The highest BCUT2D eigenvalue weighted by atomic mass is 19.2. The van der Waals surface area contributed by atoms with Gasteiger partial charge in [-0.15, -0.1) is 5.10 Å². The van der Waals surface area contributed by atoms with Crippen LogP contribution >= 0.6 is 0 Å². The van der Waals surface area contributed by atoms with Crippen molar-refractivity contribution in [2.45, 2.75) is 12.8 Å². The lowest BCUT2D eigenvalue weighted by molar-refractivity contribution is 0.213. The third kappa shape index (κ3) is 3.22. The SMILES string of the molecule is Fc1ccc(-n2nc(OC[C@H]3CCCNC3)c3ccccc32)cc1F. The molecule has 0 spiro atoms. The Balaban J connectivity index is 1.67. The highest BCUT2D eigenvalue weighted by molar-refractivity contribution is 5.85. The molecule has 2 heterocycles. The molecule has 0 aliphatic carbocycles. The van der Waals surface area contributed by atoms with Crippen molar-refractivity contribution in [2.75, 3.05) is 19.7 Å². The Morgan fingerprint density at radius 3 is 2.84 bits per heavy atom. The van der Waals surface area contributed by atoms with Crippen LogP contribution < -0.4 is 10.1 Å². The number of nitrogens with one attached hydrogen (secondary N) is 1. The van der Waals surface area contributed by atoms with E-state index in [1.165, 1.54) is 6.07 Å². The topological polar surface area (TPSA) is 39.1 Å². The molecule has 2 aromatic carbocycles. The first-order chi connectivity index (χ1) is 12.2. The van der Waals surface area contributed by atoms with Gasteiger partial charge in [0.15, 0.2) is 11.6 Å². The minimum Gasteiger partial charge on any atom is -0.476 e. The molecule has 1 atom stereocenters. The molecule has 0 bridgehead atoms. The fourth-order valence-corrected chi connectivity index (χ4v) is 3.22. The number of fused-ring (bicyclic) bond motifs is 1. The maximum atomic E-state index is 13.6. The van der Waals surface area contributed by atoms with Crippen molar-refractivity contribution in [1.82, 2.24) is 15.1 Å². The van der Waals surface area contributed by atoms with E-state index < -0.39 is 11.6 Å². The highest BCUT2D eigenvalue weighted by Crippen LogP contribution is 2.28. The van der Waals surface area contributed by atoms with Gasteiger partial charge in [0.05, 0.1) is 23.2 Å². The van der Waals surface area contributed by atoms with E-state index in [1.807, 2.05) is 24.3 Å². The van der Waals surface area contributed by atoms with Crippen molar-refractivity contribution < 1.29 is 13.5 Å². The number of benzene rings is 2. The zero-order valence-corrected chi connectivity index (χ0v) is 13.7. The molecule has 3 aromatic rings. The first-order valence-electron chi connectivity index (χ1n) is 8.49. The van der Waals surface area contributed by atoms with Crippen LogP contribution in [0.2, 0.25) is 0 Å². The van der Waals surface area contributed by atoms with E-state index in [9.17, 15) is 8.78 Å². The molecule has 1 N–H and O–H groups in total. The summed E-state index contributed by atoms with van der Waals surface area (Å²) >= 11 is 0. The van der Waals surface area contributed by atoms with Crippen LogP contribution in [0.15, 0.2) is 42.5 Å². The van der Waals surface area contributed by atoms with Crippen molar-refractivity contribution in [3.63, 3.8) is 0 Å². The van der Waals surface area contributed by atoms with E-state index >= 15 is 0 Å². The molecule has 1 aliphatic heterocycles. The summed E-state index contributed by atoms with van der Waals surface area (Å²) in [6, 6.07) is 11.4. The van der Waals surface area contributed by atoms with Crippen LogP contribution in [0.5, 0.6) is 5.88 Å². The number of rotatable bonds is 4. The Hall–Kier alpha value is -2.47. The van der Waals surface area contributed by atoms with Gasteiger partial charge in [-0.3, -0.25) is 0 Å². The predicted octanol–water partition coefficient (Wildman–Crippen LogP) is 3.68. The number of halogens is 2. The number of hydrogen-bond acceptors (Lipinski definition) is 3. The van der Waals surface area contributed by atoms with Gasteiger partial charge in [0.2, 0.25) is 5.88 Å². The third-order valence-electron chi connectivity index (χ3n) is 4.56. The number of ether oxygens (including phenoxy) is 1. The average Bonchev–Trinajstić information content (AvgIpc) is 3.02. The second-order valence-electron chi connectivity index (χ2n) is 6.36. The maximum absolute atomic E-state index is 13.6. The van der Waals surface area contributed by atoms with E-state index in [0.29, 0.717) is 24.1 Å². The number of hydrogen-bond donors (Lipinski definition) is 1. The monoisotopic (exact) mass is 343 g/mol. The van der Waals surface area contributed by atoms with E-state index in [4.69, 9.17) is 4.74 Å².